The van der Waals surface area contributed by atoms with Crippen molar-refractivity contribution in [1.29, 1.82) is 5.26 Å². The molecule has 0 aliphatic carbocycles. The van der Waals surface area contributed by atoms with Crippen LogP contribution in [0.4, 0.5) is 11.4 Å². The second-order valence-electron chi connectivity index (χ2n) is 3.62. The van der Waals surface area contributed by atoms with Crippen LogP contribution in [-0.2, 0) is 4.74 Å². The molecule has 1 rings (SSSR count). The first-order valence-electron chi connectivity index (χ1n) is 5.31. The number of anilines is 2. The third-order valence-corrected chi connectivity index (χ3v) is 2.16. The average Bonchev–Trinajstić information content (AvgIpc) is 2.29. The number of hydrogen-bond acceptors (Lipinski definition) is 4. The molecule has 3 N–H and O–H groups in total. The predicted octanol–water partition coefficient (Wildman–Crippen LogP) is 1.98. The lowest BCUT2D eigenvalue weighted by Gasteiger charge is -2.16. The van der Waals surface area contributed by atoms with Gasteiger partial charge in [0.25, 0.3) is 0 Å². The van der Waals surface area contributed by atoms with E-state index in [0.29, 0.717) is 24.5 Å². The first-order chi connectivity index (χ1) is 7.67. The van der Waals surface area contributed by atoms with E-state index in [2.05, 4.69) is 11.4 Å². The lowest BCUT2D eigenvalue weighted by Crippen LogP contribution is -2.22. The lowest BCUT2D eigenvalue weighted by molar-refractivity contribution is 0.141. The van der Waals surface area contributed by atoms with Gasteiger partial charge < -0.3 is 15.8 Å². The minimum Gasteiger partial charge on any atom is -0.397 e. The normalized spacial score (nSPS) is 11.8. The fourth-order valence-electron chi connectivity index (χ4n) is 1.35. The van der Waals surface area contributed by atoms with Crippen LogP contribution >= 0.6 is 0 Å². The summed E-state index contributed by atoms with van der Waals surface area (Å²) in [7, 11) is 0. The maximum atomic E-state index is 8.79. The second kappa shape index (κ2) is 5.99. The first kappa shape index (κ1) is 12.3. The van der Waals surface area contributed by atoms with Crippen molar-refractivity contribution < 1.29 is 4.74 Å². The molecule has 0 aliphatic rings. The van der Waals surface area contributed by atoms with Gasteiger partial charge in [-0.2, -0.15) is 5.26 Å². The summed E-state index contributed by atoms with van der Waals surface area (Å²) in [5.41, 5.74) is 7.83. The molecule has 0 aliphatic heterocycles. The molecule has 0 spiro atoms. The monoisotopic (exact) mass is 219 g/mol. The molecule has 0 fully saturated rings. The van der Waals surface area contributed by atoms with Crippen LogP contribution in [0.3, 0.4) is 0 Å². The van der Waals surface area contributed by atoms with Crippen LogP contribution in [0.15, 0.2) is 18.2 Å². The maximum Gasteiger partial charge on any atom is 0.0992 e. The summed E-state index contributed by atoms with van der Waals surface area (Å²) in [6.45, 7) is 5.28. The van der Waals surface area contributed by atoms with Crippen LogP contribution in [-0.4, -0.2) is 19.3 Å². The topological polar surface area (TPSA) is 71.1 Å². The highest BCUT2D eigenvalue weighted by Gasteiger charge is 2.05. The van der Waals surface area contributed by atoms with Gasteiger partial charge in [-0.15, -0.1) is 0 Å². The van der Waals surface area contributed by atoms with Crippen LogP contribution < -0.4 is 11.1 Å². The quantitative estimate of drug-likeness (QED) is 0.743. The Morgan fingerprint density at radius 1 is 1.56 bits per heavy atom. The first-order valence-corrected chi connectivity index (χ1v) is 5.31. The summed E-state index contributed by atoms with van der Waals surface area (Å²) in [6.07, 6.45) is 0. The van der Waals surface area contributed by atoms with E-state index in [1.165, 1.54) is 0 Å². The lowest BCUT2D eigenvalue weighted by atomic mass is 10.2. The Morgan fingerprint density at radius 3 is 2.94 bits per heavy atom. The zero-order valence-corrected chi connectivity index (χ0v) is 9.66. The smallest absolute Gasteiger partial charge is 0.0992 e. The van der Waals surface area contributed by atoms with E-state index in [-0.39, 0.29) is 6.04 Å². The molecular weight excluding hydrogens is 202 g/mol. The Labute approximate surface area is 96.0 Å². The number of nitriles is 1. The summed E-state index contributed by atoms with van der Waals surface area (Å²) >= 11 is 0. The summed E-state index contributed by atoms with van der Waals surface area (Å²) < 4.78 is 5.30. The van der Waals surface area contributed by atoms with Crippen molar-refractivity contribution in [2.75, 3.05) is 24.3 Å². The molecule has 86 valence electrons. The van der Waals surface area contributed by atoms with E-state index >= 15 is 0 Å². The van der Waals surface area contributed by atoms with E-state index in [0.717, 1.165) is 5.69 Å². The highest BCUT2D eigenvalue weighted by molar-refractivity contribution is 5.68. The minimum atomic E-state index is 0.163. The van der Waals surface area contributed by atoms with Gasteiger partial charge in [0.2, 0.25) is 0 Å². The molecule has 16 heavy (non-hydrogen) atoms. The molecule has 0 heterocycles. The Kier molecular flexibility index (Phi) is 4.62. The molecule has 0 saturated carbocycles. The largest absolute Gasteiger partial charge is 0.397 e. The zero-order valence-electron chi connectivity index (χ0n) is 9.66. The van der Waals surface area contributed by atoms with E-state index in [1.54, 1.807) is 18.2 Å². The van der Waals surface area contributed by atoms with Gasteiger partial charge in [0.15, 0.2) is 0 Å². The Bertz CT molecular complexity index is 384. The molecule has 1 aromatic rings. The van der Waals surface area contributed by atoms with Crippen molar-refractivity contribution in [1.82, 2.24) is 0 Å². The van der Waals surface area contributed by atoms with E-state index < -0.39 is 0 Å². The van der Waals surface area contributed by atoms with Crippen LogP contribution in [0.5, 0.6) is 0 Å². The fourth-order valence-corrected chi connectivity index (χ4v) is 1.35. The van der Waals surface area contributed by atoms with Crippen molar-refractivity contribution in [2.24, 2.45) is 0 Å². The summed E-state index contributed by atoms with van der Waals surface area (Å²) in [6, 6.07) is 7.43. The molecule has 0 bridgehead atoms. The van der Waals surface area contributed by atoms with Gasteiger partial charge in [0.05, 0.1) is 29.6 Å². The third kappa shape index (κ3) is 3.44. The molecule has 0 radical (unpaired) electrons. The van der Waals surface area contributed by atoms with Crippen molar-refractivity contribution in [3.63, 3.8) is 0 Å². The molecule has 1 atom stereocenters. The number of rotatable bonds is 5. The number of nitrogens with one attached hydrogen (secondary N) is 1. The Balaban J connectivity index is 2.69. The summed E-state index contributed by atoms with van der Waals surface area (Å²) in [4.78, 5) is 0. The van der Waals surface area contributed by atoms with Crippen LogP contribution in [0.2, 0.25) is 0 Å². The SMILES string of the molecule is CCOCC(C)Nc1cc(C#N)ccc1N. The van der Waals surface area contributed by atoms with Gasteiger partial charge in [-0.25, -0.2) is 0 Å². The molecule has 0 aromatic heterocycles. The molecule has 0 amide bonds. The van der Waals surface area contributed by atoms with E-state index in [9.17, 15) is 0 Å². The molecule has 1 aromatic carbocycles. The second-order valence-corrected chi connectivity index (χ2v) is 3.62. The van der Waals surface area contributed by atoms with Crippen molar-refractivity contribution in [2.45, 2.75) is 19.9 Å². The molecule has 4 heteroatoms. The van der Waals surface area contributed by atoms with Gasteiger partial charge in [-0.3, -0.25) is 0 Å². The van der Waals surface area contributed by atoms with Crippen LogP contribution in [0.1, 0.15) is 19.4 Å². The molecular formula is C12H17N3O. The van der Waals surface area contributed by atoms with Gasteiger partial charge in [0, 0.05) is 12.6 Å². The van der Waals surface area contributed by atoms with Crippen molar-refractivity contribution in [3.05, 3.63) is 23.8 Å². The fraction of sp³-hybridized carbons (Fsp3) is 0.417. The van der Waals surface area contributed by atoms with Gasteiger partial charge in [0.1, 0.15) is 0 Å². The van der Waals surface area contributed by atoms with Gasteiger partial charge >= 0.3 is 0 Å². The number of nitrogens with two attached hydrogens (primary N) is 1. The third-order valence-electron chi connectivity index (χ3n) is 2.16. The molecule has 0 saturated heterocycles. The highest BCUT2D eigenvalue weighted by Crippen LogP contribution is 2.20. The van der Waals surface area contributed by atoms with Gasteiger partial charge in [-0.1, -0.05) is 0 Å². The maximum absolute atomic E-state index is 8.79. The van der Waals surface area contributed by atoms with Crippen molar-refractivity contribution in [3.8, 4) is 6.07 Å². The highest BCUT2D eigenvalue weighted by atomic mass is 16.5. The Morgan fingerprint density at radius 2 is 2.31 bits per heavy atom. The predicted molar refractivity (Wildman–Crippen MR) is 65.1 cm³/mol. The van der Waals surface area contributed by atoms with Crippen LogP contribution in [0.25, 0.3) is 0 Å². The number of benzene rings is 1. The standard InChI is InChI=1S/C12H17N3O/c1-3-16-8-9(2)15-12-6-10(7-13)4-5-11(12)14/h4-6,9,15H,3,8,14H2,1-2H3. The van der Waals surface area contributed by atoms with Crippen molar-refractivity contribution >= 4 is 11.4 Å². The summed E-state index contributed by atoms with van der Waals surface area (Å²) in [5.74, 6) is 0. The number of hydrogen-bond donors (Lipinski definition) is 2. The number of ether oxygens (including phenoxy) is 1. The summed E-state index contributed by atoms with van der Waals surface area (Å²) in [5, 5.41) is 12.0. The number of nitrogen functional groups attached to an aromatic ring is 1. The van der Waals surface area contributed by atoms with Crippen LogP contribution in [0, 0.1) is 11.3 Å². The zero-order chi connectivity index (χ0) is 12.0. The van der Waals surface area contributed by atoms with E-state index in [4.69, 9.17) is 15.7 Å². The minimum absolute atomic E-state index is 0.163. The average molecular weight is 219 g/mol. The number of nitrogens with zero attached hydrogens (tertiary/aromatic N) is 1. The van der Waals surface area contributed by atoms with Gasteiger partial charge in [-0.05, 0) is 32.0 Å². The Hall–Kier alpha value is -1.73. The van der Waals surface area contributed by atoms with E-state index in [1.807, 2.05) is 13.8 Å². The molecule has 4 nitrogen and oxygen atoms in total. The molecule has 1 unspecified atom stereocenters.